The van der Waals surface area contributed by atoms with Gasteiger partial charge in [0.25, 0.3) is 0 Å². The molecule has 1 aromatic carbocycles. The Morgan fingerprint density at radius 1 is 1.16 bits per heavy atom. The monoisotopic (exact) mass is 447 g/mol. The molecule has 2 N–H and O–H groups in total. The highest BCUT2D eigenvalue weighted by Gasteiger charge is 2.37. The predicted molar refractivity (Wildman–Crippen MR) is 117 cm³/mol. The number of aliphatic carboxylic acids is 1. The Morgan fingerprint density at radius 2 is 1.81 bits per heavy atom. The van der Waals surface area contributed by atoms with E-state index in [0.29, 0.717) is 35.4 Å². The highest BCUT2D eigenvalue weighted by atomic mass is 32.1. The standard InChI is InChI=1S/C23H26FNO5S/c1-3-12-30-23(29)19-18(14-8-10-15(24)11-9-14)13(2)31-21(19)25-20(26)16-6-4-5-7-17(16)22(27)28/h8-11,16-17H,3-7,12H2,1-2H3,(H,25,26)(H,27,28)/t16-,17+/m0/s1. The smallest absolute Gasteiger partial charge is 0.341 e. The second-order valence-electron chi connectivity index (χ2n) is 7.71. The number of carboxylic acid groups (broad SMARTS) is 1. The van der Waals surface area contributed by atoms with Crippen LogP contribution < -0.4 is 5.32 Å². The van der Waals surface area contributed by atoms with Crippen LogP contribution in [0.15, 0.2) is 24.3 Å². The number of carboxylic acids is 1. The molecular formula is C23H26FNO5S. The number of amides is 1. The Balaban J connectivity index is 1.98. The third-order valence-corrected chi connectivity index (χ3v) is 6.54. The molecule has 0 bridgehead atoms. The zero-order valence-corrected chi connectivity index (χ0v) is 18.4. The molecule has 2 atom stereocenters. The average molecular weight is 448 g/mol. The van der Waals surface area contributed by atoms with Gasteiger partial charge in [0, 0.05) is 10.4 Å². The van der Waals surface area contributed by atoms with E-state index in [1.54, 1.807) is 12.1 Å². The number of carbonyl (C=O) groups is 3. The SMILES string of the molecule is CCCOC(=O)c1c(NC(=O)[C@H]2CCCC[C@H]2C(=O)O)sc(C)c1-c1ccc(F)cc1. The molecule has 0 aliphatic heterocycles. The van der Waals surface area contributed by atoms with Crippen molar-refractivity contribution in [1.29, 1.82) is 0 Å². The van der Waals surface area contributed by atoms with Gasteiger partial charge in [-0.25, -0.2) is 9.18 Å². The molecule has 6 nitrogen and oxygen atoms in total. The van der Waals surface area contributed by atoms with E-state index in [1.165, 1.54) is 23.5 Å². The van der Waals surface area contributed by atoms with E-state index >= 15 is 0 Å². The summed E-state index contributed by atoms with van der Waals surface area (Å²) in [4.78, 5) is 38.3. The number of halogens is 1. The van der Waals surface area contributed by atoms with Crippen molar-refractivity contribution in [2.24, 2.45) is 11.8 Å². The molecule has 0 saturated heterocycles. The highest BCUT2D eigenvalue weighted by molar-refractivity contribution is 7.17. The summed E-state index contributed by atoms with van der Waals surface area (Å²) in [5, 5.41) is 12.6. The summed E-state index contributed by atoms with van der Waals surface area (Å²) in [5.41, 5.74) is 1.44. The summed E-state index contributed by atoms with van der Waals surface area (Å²) in [6, 6.07) is 5.78. The summed E-state index contributed by atoms with van der Waals surface area (Å²) in [6.07, 6.45) is 3.17. The van der Waals surface area contributed by atoms with Crippen molar-refractivity contribution in [2.75, 3.05) is 11.9 Å². The number of hydrogen-bond acceptors (Lipinski definition) is 5. The van der Waals surface area contributed by atoms with Gasteiger partial charge in [-0.2, -0.15) is 0 Å². The van der Waals surface area contributed by atoms with Crippen molar-refractivity contribution in [3.8, 4) is 11.1 Å². The summed E-state index contributed by atoms with van der Waals surface area (Å²) >= 11 is 1.23. The van der Waals surface area contributed by atoms with Crippen LogP contribution in [0.3, 0.4) is 0 Å². The number of nitrogens with one attached hydrogen (secondary N) is 1. The summed E-state index contributed by atoms with van der Waals surface area (Å²) < 4.78 is 18.8. The van der Waals surface area contributed by atoms with Crippen LogP contribution in [-0.4, -0.2) is 29.6 Å². The first-order valence-electron chi connectivity index (χ1n) is 10.4. The van der Waals surface area contributed by atoms with Gasteiger partial charge in [0.2, 0.25) is 5.91 Å². The molecule has 1 heterocycles. The van der Waals surface area contributed by atoms with Crippen LogP contribution >= 0.6 is 11.3 Å². The number of benzene rings is 1. The fourth-order valence-electron chi connectivity index (χ4n) is 4.00. The lowest BCUT2D eigenvalue weighted by Crippen LogP contribution is -2.36. The Bertz CT molecular complexity index is 969. The van der Waals surface area contributed by atoms with Crippen molar-refractivity contribution in [1.82, 2.24) is 0 Å². The summed E-state index contributed by atoms with van der Waals surface area (Å²) in [7, 11) is 0. The average Bonchev–Trinajstić information content (AvgIpc) is 3.08. The molecule has 31 heavy (non-hydrogen) atoms. The lowest BCUT2D eigenvalue weighted by atomic mass is 9.78. The number of aryl methyl sites for hydroxylation is 1. The van der Waals surface area contributed by atoms with Gasteiger partial charge in [-0.1, -0.05) is 31.9 Å². The van der Waals surface area contributed by atoms with Crippen molar-refractivity contribution in [3.05, 3.63) is 40.5 Å². The molecule has 1 aliphatic rings. The van der Waals surface area contributed by atoms with Gasteiger partial charge in [0.15, 0.2) is 0 Å². The predicted octanol–water partition coefficient (Wildman–Crippen LogP) is 5.26. The lowest BCUT2D eigenvalue weighted by molar-refractivity contribution is -0.147. The maximum absolute atomic E-state index is 13.4. The maximum atomic E-state index is 13.4. The fraction of sp³-hybridized carbons (Fsp3) is 0.435. The minimum atomic E-state index is -0.975. The molecule has 0 unspecified atom stereocenters. The largest absolute Gasteiger partial charge is 0.481 e. The van der Waals surface area contributed by atoms with Crippen molar-refractivity contribution in [3.63, 3.8) is 0 Å². The van der Waals surface area contributed by atoms with E-state index < -0.39 is 35.5 Å². The van der Waals surface area contributed by atoms with E-state index in [2.05, 4.69) is 5.32 Å². The van der Waals surface area contributed by atoms with Crippen LogP contribution in [0.2, 0.25) is 0 Å². The molecule has 0 radical (unpaired) electrons. The fourth-order valence-corrected chi connectivity index (χ4v) is 5.07. The van der Waals surface area contributed by atoms with Gasteiger partial charge in [0.1, 0.15) is 16.4 Å². The van der Waals surface area contributed by atoms with Gasteiger partial charge in [-0.3, -0.25) is 9.59 Å². The summed E-state index contributed by atoms with van der Waals surface area (Å²) in [5.74, 6) is -3.72. The number of rotatable bonds is 7. The number of thiophene rings is 1. The topological polar surface area (TPSA) is 92.7 Å². The molecule has 1 saturated carbocycles. The number of ether oxygens (including phenoxy) is 1. The van der Waals surface area contributed by atoms with Crippen LogP contribution in [0.5, 0.6) is 0 Å². The molecule has 2 aromatic rings. The van der Waals surface area contributed by atoms with Crippen LogP contribution in [0, 0.1) is 24.6 Å². The van der Waals surface area contributed by atoms with E-state index in [1.807, 2.05) is 13.8 Å². The van der Waals surface area contributed by atoms with Gasteiger partial charge in [-0.15, -0.1) is 11.3 Å². The van der Waals surface area contributed by atoms with Crippen LogP contribution in [0.1, 0.15) is 54.3 Å². The first-order valence-corrected chi connectivity index (χ1v) is 11.2. The first-order chi connectivity index (χ1) is 14.8. The van der Waals surface area contributed by atoms with E-state index in [0.717, 1.165) is 17.7 Å². The quantitative estimate of drug-likeness (QED) is 0.565. The summed E-state index contributed by atoms with van der Waals surface area (Å²) in [6.45, 7) is 3.93. The van der Waals surface area contributed by atoms with Crippen LogP contribution in [0.4, 0.5) is 9.39 Å². The Morgan fingerprint density at radius 3 is 2.42 bits per heavy atom. The molecule has 166 valence electrons. The Labute approximate surface area is 184 Å². The second-order valence-corrected chi connectivity index (χ2v) is 8.93. The number of anilines is 1. The van der Waals surface area contributed by atoms with Gasteiger partial charge in [-0.05, 0) is 43.9 Å². The first kappa shape index (κ1) is 22.9. The molecule has 0 spiro atoms. The van der Waals surface area contributed by atoms with Gasteiger partial charge < -0.3 is 15.2 Å². The minimum Gasteiger partial charge on any atom is -0.481 e. The molecule has 8 heteroatoms. The van der Waals surface area contributed by atoms with E-state index in [9.17, 15) is 23.9 Å². The molecule has 1 amide bonds. The number of hydrogen-bond donors (Lipinski definition) is 2. The van der Waals surface area contributed by atoms with E-state index in [4.69, 9.17) is 4.74 Å². The third kappa shape index (κ3) is 5.12. The number of esters is 1. The maximum Gasteiger partial charge on any atom is 0.341 e. The van der Waals surface area contributed by atoms with Gasteiger partial charge >= 0.3 is 11.9 Å². The second kappa shape index (κ2) is 10.0. The van der Waals surface area contributed by atoms with Crippen molar-refractivity contribution >= 4 is 34.2 Å². The molecule has 1 fully saturated rings. The molecule has 1 aromatic heterocycles. The van der Waals surface area contributed by atoms with E-state index in [-0.39, 0.29) is 12.2 Å². The zero-order valence-electron chi connectivity index (χ0n) is 17.6. The third-order valence-electron chi connectivity index (χ3n) is 5.52. The zero-order chi connectivity index (χ0) is 22.5. The molecule has 1 aliphatic carbocycles. The number of carbonyl (C=O) groups excluding carboxylic acids is 2. The van der Waals surface area contributed by atoms with Crippen LogP contribution in [0.25, 0.3) is 11.1 Å². The Hall–Kier alpha value is -2.74. The molecule has 3 rings (SSSR count). The van der Waals surface area contributed by atoms with Crippen molar-refractivity contribution in [2.45, 2.75) is 46.0 Å². The lowest BCUT2D eigenvalue weighted by Gasteiger charge is -2.27. The van der Waals surface area contributed by atoms with Crippen molar-refractivity contribution < 1.29 is 28.6 Å². The van der Waals surface area contributed by atoms with Gasteiger partial charge in [0.05, 0.1) is 18.4 Å². The Kier molecular flexibility index (Phi) is 7.43. The van der Waals surface area contributed by atoms with Crippen LogP contribution in [-0.2, 0) is 14.3 Å². The normalized spacial score (nSPS) is 18.4. The highest BCUT2D eigenvalue weighted by Crippen LogP contribution is 2.41. The minimum absolute atomic E-state index is 0.221. The molecular weight excluding hydrogens is 421 g/mol.